The molecule has 118 valence electrons. The molecule has 0 aromatic rings. The van der Waals surface area contributed by atoms with Crippen molar-refractivity contribution in [3.05, 3.63) is 0 Å². The second-order valence-electron chi connectivity index (χ2n) is 7.49. The number of carbonyl (C=O) groups is 2. The third-order valence-corrected chi connectivity index (χ3v) is 6.12. The fourth-order valence-electron chi connectivity index (χ4n) is 4.79. The molecule has 0 heterocycles. The number of hydrogen-bond donors (Lipinski definition) is 0. The van der Waals surface area contributed by atoms with Crippen LogP contribution in [0.15, 0.2) is 0 Å². The Morgan fingerprint density at radius 2 is 1.48 bits per heavy atom. The van der Waals surface area contributed by atoms with Crippen LogP contribution in [0.3, 0.4) is 0 Å². The molecule has 0 aromatic heterocycles. The van der Waals surface area contributed by atoms with E-state index in [1.807, 2.05) is 11.9 Å². The molecule has 1 amide bonds. The summed E-state index contributed by atoms with van der Waals surface area (Å²) in [5.41, 5.74) is 0. The van der Waals surface area contributed by atoms with Gasteiger partial charge in [0.05, 0.1) is 0 Å². The molecule has 2 atom stereocenters. The van der Waals surface area contributed by atoms with Gasteiger partial charge in [-0.3, -0.25) is 9.59 Å². The van der Waals surface area contributed by atoms with E-state index < -0.39 is 0 Å². The highest BCUT2D eigenvalue weighted by Crippen LogP contribution is 2.41. The maximum Gasteiger partial charge on any atom is 0.225 e. The Bertz CT molecular complexity index is 382. The second-order valence-corrected chi connectivity index (χ2v) is 7.49. The van der Waals surface area contributed by atoms with Crippen molar-refractivity contribution >= 4 is 11.7 Å². The summed E-state index contributed by atoms with van der Waals surface area (Å²) in [4.78, 5) is 27.1. The van der Waals surface area contributed by atoms with Crippen molar-refractivity contribution in [2.24, 2.45) is 17.8 Å². The van der Waals surface area contributed by atoms with Crippen LogP contribution in [0.2, 0.25) is 0 Å². The van der Waals surface area contributed by atoms with E-state index in [-0.39, 0.29) is 17.8 Å². The summed E-state index contributed by atoms with van der Waals surface area (Å²) in [6, 6.07) is 0.442. The van der Waals surface area contributed by atoms with Crippen molar-refractivity contribution in [3.63, 3.8) is 0 Å². The van der Waals surface area contributed by atoms with E-state index in [9.17, 15) is 9.59 Å². The van der Waals surface area contributed by atoms with Crippen molar-refractivity contribution in [2.45, 2.75) is 76.7 Å². The topological polar surface area (TPSA) is 37.4 Å². The summed E-state index contributed by atoms with van der Waals surface area (Å²) < 4.78 is 0. The maximum atomic E-state index is 12.9. The Balaban J connectivity index is 1.63. The number of carbonyl (C=O) groups excluding carboxylic acids is 2. The first-order valence-corrected chi connectivity index (χ1v) is 8.97. The van der Waals surface area contributed by atoms with Gasteiger partial charge in [-0.15, -0.1) is 0 Å². The van der Waals surface area contributed by atoms with Gasteiger partial charge in [0.25, 0.3) is 0 Å². The molecule has 3 nitrogen and oxygen atoms in total. The van der Waals surface area contributed by atoms with Crippen LogP contribution < -0.4 is 0 Å². The number of ketones is 1. The standard InChI is InChI=1S/C18H29NO2/c1-19(16-9-4-2-3-5-10-16)18(21)15-11-13-7-6-8-14(12-15)17(13)20/h13-16H,2-12H2,1H3. The van der Waals surface area contributed by atoms with Gasteiger partial charge in [-0.05, 0) is 38.5 Å². The molecule has 0 aromatic carbocycles. The smallest absolute Gasteiger partial charge is 0.225 e. The first kappa shape index (κ1) is 15.1. The molecule has 0 saturated heterocycles. The lowest BCUT2D eigenvalue weighted by Crippen LogP contribution is -2.46. The zero-order chi connectivity index (χ0) is 14.8. The van der Waals surface area contributed by atoms with Crippen LogP contribution in [-0.2, 0) is 9.59 Å². The molecule has 3 aliphatic carbocycles. The molecule has 21 heavy (non-hydrogen) atoms. The number of rotatable bonds is 2. The van der Waals surface area contributed by atoms with Crippen LogP contribution in [0.5, 0.6) is 0 Å². The molecule has 3 fully saturated rings. The summed E-state index contributed by atoms with van der Waals surface area (Å²) in [7, 11) is 2.00. The molecule has 0 spiro atoms. The van der Waals surface area contributed by atoms with Gasteiger partial charge in [0.1, 0.15) is 5.78 Å². The van der Waals surface area contributed by atoms with Crippen LogP contribution in [0.1, 0.15) is 70.6 Å². The van der Waals surface area contributed by atoms with Gasteiger partial charge in [0, 0.05) is 30.8 Å². The summed E-state index contributed by atoms with van der Waals surface area (Å²) in [5, 5.41) is 0. The molecule has 3 rings (SSSR count). The maximum absolute atomic E-state index is 12.9. The molecule has 3 saturated carbocycles. The molecular weight excluding hydrogens is 262 g/mol. The van der Waals surface area contributed by atoms with E-state index in [2.05, 4.69) is 0 Å². The van der Waals surface area contributed by atoms with E-state index >= 15 is 0 Å². The van der Waals surface area contributed by atoms with Crippen molar-refractivity contribution in [1.29, 1.82) is 0 Å². The largest absolute Gasteiger partial charge is 0.343 e. The van der Waals surface area contributed by atoms with Crippen molar-refractivity contribution in [1.82, 2.24) is 4.90 Å². The van der Waals surface area contributed by atoms with Gasteiger partial charge in [-0.25, -0.2) is 0 Å². The number of amides is 1. The quantitative estimate of drug-likeness (QED) is 0.729. The Morgan fingerprint density at radius 3 is 2.05 bits per heavy atom. The Labute approximate surface area is 128 Å². The average Bonchev–Trinajstić information content (AvgIpc) is 2.74. The van der Waals surface area contributed by atoms with Gasteiger partial charge in [0.15, 0.2) is 0 Å². The summed E-state index contributed by atoms with van der Waals surface area (Å²) in [5.74, 6) is 1.28. The van der Waals surface area contributed by atoms with E-state index in [0.717, 1.165) is 25.7 Å². The number of Topliss-reactive ketones (excluding diaryl/α,β-unsaturated/α-hetero) is 1. The Hall–Kier alpha value is -0.860. The van der Waals surface area contributed by atoms with Gasteiger partial charge in [0.2, 0.25) is 5.91 Å². The average molecular weight is 291 g/mol. The minimum Gasteiger partial charge on any atom is -0.343 e. The molecule has 0 radical (unpaired) electrons. The summed E-state index contributed by atoms with van der Waals surface area (Å²) in [6.45, 7) is 0. The first-order valence-electron chi connectivity index (χ1n) is 8.97. The SMILES string of the molecule is CN(C(=O)C1CC2CCCC(C1)C2=O)C1CCCCCC1. The summed E-state index contributed by atoms with van der Waals surface area (Å²) >= 11 is 0. The molecule has 0 aliphatic heterocycles. The zero-order valence-electron chi connectivity index (χ0n) is 13.4. The van der Waals surface area contributed by atoms with E-state index in [0.29, 0.717) is 17.7 Å². The lowest BCUT2D eigenvalue weighted by molar-refractivity contribution is -0.143. The third kappa shape index (κ3) is 3.17. The van der Waals surface area contributed by atoms with Crippen molar-refractivity contribution in [3.8, 4) is 0 Å². The van der Waals surface area contributed by atoms with Crippen LogP contribution in [-0.4, -0.2) is 29.7 Å². The van der Waals surface area contributed by atoms with Gasteiger partial charge in [-0.2, -0.15) is 0 Å². The molecule has 0 N–H and O–H groups in total. The Morgan fingerprint density at radius 1 is 0.905 bits per heavy atom. The Kier molecular flexibility index (Phi) is 4.66. The van der Waals surface area contributed by atoms with Crippen molar-refractivity contribution in [2.75, 3.05) is 7.05 Å². The minimum atomic E-state index is 0.117. The van der Waals surface area contributed by atoms with E-state index in [4.69, 9.17) is 0 Å². The highest BCUT2D eigenvalue weighted by Gasteiger charge is 2.42. The lowest BCUT2D eigenvalue weighted by atomic mass is 9.67. The minimum absolute atomic E-state index is 0.117. The molecule has 3 aliphatic rings. The normalized spacial score (nSPS) is 34.3. The molecule has 3 heteroatoms. The number of nitrogens with zero attached hydrogens (tertiary/aromatic N) is 1. The van der Waals surface area contributed by atoms with E-state index in [1.165, 1.54) is 44.9 Å². The number of hydrogen-bond acceptors (Lipinski definition) is 2. The molecule has 2 bridgehead atoms. The lowest BCUT2D eigenvalue weighted by Gasteiger charge is -2.39. The molecule has 2 unspecified atom stereocenters. The third-order valence-electron chi connectivity index (χ3n) is 6.12. The highest BCUT2D eigenvalue weighted by molar-refractivity contribution is 5.88. The fraction of sp³-hybridized carbons (Fsp3) is 0.889. The summed E-state index contributed by atoms with van der Waals surface area (Å²) in [6.07, 6.45) is 12.4. The predicted octanol–water partition coefficient (Wildman–Crippen LogP) is 3.56. The van der Waals surface area contributed by atoms with Crippen LogP contribution in [0.25, 0.3) is 0 Å². The second kappa shape index (κ2) is 6.50. The van der Waals surface area contributed by atoms with Gasteiger partial charge >= 0.3 is 0 Å². The first-order chi connectivity index (χ1) is 10.2. The van der Waals surface area contributed by atoms with Gasteiger partial charge in [-0.1, -0.05) is 32.1 Å². The fourth-order valence-corrected chi connectivity index (χ4v) is 4.79. The van der Waals surface area contributed by atoms with Crippen LogP contribution >= 0.6 is 0 Å². The highest BCUT2D eigenvalue weighted by atomic mass is 16.2. The monoisotopic (exact) mass is 291 g/mol. The van der Waals surface area contributed by atoms with Crippen molar-refractivity contribution < 1.29 is 9.59 Å². The zero-order valence-corrected chi connectivity index (χ0v) is 13.4. The van der Waals surface area contributed by atoms with Gasteiger partial charge < -0.3 is 4.90 Å². The van der Waals surface area contributed by atoms with E-state index in [1.54, 1.807) is 0 Å². The van der Waals surface area contributed by atoms with Crippen LogP contribution in [0.4, 0.5) is 0 Å². The number of fused-ring (bicyclic) bond motifs is 2. The van der Waals surface area contributed by atoms with Crippen LogP contribution in [0, 0.1) is 17.8 Å². The predicted molar refractivity (Wildman–Crippen MR) is 82.8 cm³/mol. The molecular formula is C18H29NO2.